The molecule has 184 valence electrons. The van der Waals surface area contributed by atoms with Gasteiger partial charge in [-0.15, -0.1) is 11.3 Å². The van der Waals surface area contributed by atoms with Gasteiger partial charge in [-0.05, 0) is 51.0 Å². The van der Waals surface area contributed by atoms with Crippen LogP contribution >= 0.6 is 11.3 Å². The predicted octanol–water partition coefficient (Wildman–Crippen LogP) is 4.09. The van der Waals surface area contributed by atoms with Gasteiger partial charge in [0, 0.05) is 17.0 Å². The zero-order valence-corrected chi connectivity index (χ0v) is 20.8. The second kappa shape index (κ2) is 10.0. The zero-order valence-electron chi connectivity index (χ0n) is 19.2. The number of carbonyl (C=O) groups is 2. The van der Waals surface area contributed by atoms with Gasteiger partial charge < -0.3 is 14.2 Å². The summed E-state index contributed by atoms with van der Waals surface area (Å²) in [4.78, 5) is 32.6. The first-order chi connectivity index (χ1) is 16.7. The molecule has 2 heterocycles. The van der Waals surface area contributed by atoms with E-state index in [4.69, 9.17) is 9.47 Å². The van der Waals surface area contributed by atoms with Crippen LogP contribution < -0.4 is 14.8 Å². The number of anilines is 1. The Labute approximate surface area is 206 Å². The van der Waals surface area contributed by atoms with E-state index in [1.807, 2.05) is 13.8 Å². The summed E-state index contributed by atoms with van der Waals surface area (Å²) in [5.41, 5.74) is 0.321. The summed E-state index contributed by atoms with van der Waals surface area (Å²) in [5, 5.41) is 4.01. The second-order valence-corrected chi connectivity index (χ2v) is 11.1. The van der Waals surface area contributed by atoms with E-state index in [1.54, 1.807) is 12.1 Å². The van der Waals surface area contributed by atoms with E-state index < -0.39 is 21.7 Å². The van der Waals surface area contributed by atoms with Crippen LogP contribution in [0.1, 0.15) is 47.5 Å². The monoisotopic (exact) mass is 517 g/mol. The molecule has 1 saturated carbocycles. The molecule has 0 spiro atoms. The number of methoxy groups -OCH3 is 1. The summed E-state index contributed by atoms with van der Waals surface area (Å²) in [6.45, 7) is 3.69. The first-order valence-corrected chi connectivity index (χ1v) is 13.1. The van der Waals surface area contributed by atoms with Crippen LogP contribution in [-0.4, -0.2) is 48.7 Å². The number of pyridine rings is 1. The molecule has 1 amide bonds. The van der Waals surface area contributed by atoms with Gasteiger partial charge in [-0.1, -0.05) is 0 Å². The van der Waals surface area contributed by atoms with Crippen molar-refractivity contribution in [3.05, 3.63) is 53.2 Å². The number of hydrogen-bond acceptors (Lipinski definition) is 10. The van der Waals surface area contributed by atoms with Crippen molar-refractivity contribution in [2.45, 2.75) is 43.1 Å². The highest BCUT2D eigenvalue weighted by molar-refractivity contribution is 7.92. The van der Waals surface area contributed by atoms with E-state index in [-0.39, 0.29) is 32.8 Å². The summed E-state index contributed by atoms with van der Waals surface area (Å²) in [6.07, 6.45) is 2.48. The molecule has 3 aromatic rings. The van der Waals surface area contributed by atoms with Gasteiger partial charge in [0.2, 0.25) is 0 Å². The minimum atomic E-state index is -3.40. The lowest BCUT2D eigenvalue weighted by atomic mass is 10.2. The lowest BCUT2D eigenvalue weighted by molar-refractivity contribution is 0.0594. The van der Waals surface area contributed by atoms with E-state index in [1.165, 1.54) is 36.9 Å². The Balaban J connectivity index is 1.55. The molecule has 0 saturated heterocycles. The number of nitrogens with one attached hydrogen (secondary N) is 1. The van der Waals surface area contributed by atoms with Crippen molar-refractivity contribution in [1.29, 1.82) is 0 Å². The molecule has 1 aliphatic rings. The Morgan fingerprint density at radius 1 is 1.11 bits per heavy atom. The zero-order chi connectivity index (χ0) is 25.2. The maximum atomic E-state index is 12.9. The van der Waals surface area contributed by atoms with Gasteiger partial charge in [-0.2, -0.15) is 0 Å². The minimum Gasteiger partial charge on any atom is -0.491 e. The third-order valence-electron chi connectivity index (χ3n) is 4.83. The molecular weight excluding hydrogens is 494 g/mol. The molecular formula is C23H23N3O7S2. The number of rotatable bonds is 9. The van der Waals surface area contributed by atoms with E-state index in [9.17, 15) is 18.0 Å². The first kappa shape index (κ1) is 24.6. The molecule has 0 atom stereocenters. The SMILES string of the molecule is COC(=O)c1csc(NC(=O)c2cc(Oc3ccc(S(=O)(=O)C4CC4)nc3)cc(OC(C)C)c2)n1. The average molecular weight is 518 g/mol. The highest BCUT2D eigenvalue weighted by Gasteiger charge is 2.37. The molecule has 1 aromatic carbocycles. The van der Waals surface area contributed by atoms with Gasteiger partial charge >= 0.3 is 5.97 Å². The van der Waals surface area contributed by atoms with Crippen LogP contribution in [0.4, 0.5) is 5.13 Å². The third-order valence-corrected chi connectivity index (χ3v) is 7.76. The van der Waals surface area contributed by atoms with Crippen molar-refractivity contribution in [3.63, 3.8) is 0 Å². The van der Waals surface area contributed by atoms with Gasteiger partial charge in [0.15, 0.2) is 25.7 Å². The Hall–Kier alpha value is -3.51. The summed E-state index contributed by atoms with van der Waals surface area (Å²) >= 11 is 1.08. The minimum absolute atomic E-state index is 0.0130. The number of aromatic nitrogens is 2. The smallest absolute Gasteiger partial charge is 0.357 e. The van der Waals surface area contributed by atoms with Gasteiger partial charge in [-0.3, -0.25) is 10.1 Å². The molecule has 4 rings (SSSR count). The number of benzene rings is 1. The molecule has 10 nitrogen and oxygen atoms in total. The normalized spacial score (nSPS) is 13.4. The lowest BCUT2D eigenvalue weighted by Crippen LogP contribution is -2.13. The van der Waals surface area contributed by atoms with Crippen molar-refractivity contribution < 1.29 is 32.2 Å². The molecule has 0 radical (unpaired) electrons. The molecule has 35 heavy (non-hydrogen) atoms. The summed E-state index contributed by atoms with van der Waals surface area (Å²) in [7, 11) is -2.16. The second-order valence-electron chi connectivity index (χ2n) is 8.02. The summed E-state index contributed by atoms with van der Waals surface area (Å²) in [5.74, 6) is -0.0937. The Kier molecular flexibility index (Phi) is 7.03. The molecule has 12 heteroatoms. The van der Waals surface area contributed by atoms with Crippen LogP contribution in [0.15, 0.2) is 46.9 Å². The first-order valence-electron chi connectivity index (χ1n) is 10.7. The van der Waals surface area contributed by atoms with Gasteiger partial charge in [-0.25, -0.2) is 23.2 Å². The standard InChI is InChI=1S/C23H23N3O7S2/c1-13(2)32-16-8-14(21(27)26-23-25-19(12-34-23)22(28)31-3)9-17(10-16)33-15-4-7-20(24-11-15)35(29,30)18-5-6-18/h4,7-13,18H,5-6H2,1-3H3,(H,25,26,27). The number of nitrogens with zero attached hydrogens (tertiary/aromatic N) is 2. The Morgan fingerprint density at radius 2 is 1.86 bits per heavy atom. The fourth-order valence-corrected chi connectivity index (χ4v) is 5.31. The van der Waals surface area contributed by atoms with Crippen LogP contribution in [0, 0.1) is 0 Å². The van der Waals surface area contributed by atoms with Crippen molar-refractivity contribution in [2.24, 2.45) is 0 Å². The maximum absolute atomic E-state index is 12.9. The van der Waals surface area contributed by atoms with E-state index in [0.717, 1.165) is 11.3 Å². The fourth-order valence-electron chi connectivity index (χ4n) is 3.08. The van der Waals surface area contributed by atoms with E-state index in [0.29, 0.717) is 30.1 Å². The van der Waals surface area contributed by atoms with Crippen molar-refractivity contribution in [3.8, 4) is 17.2 Å². The van der Waals surface area contributed by atoms with Crippen LogP contribution in [0.2, 0.25) is 0 Å². The molecule has 1 N–H and O–H groups in total. The number of amides is 1. The molecule has 1 fully saturated rings. The quantitative estimate of drug-likeness (QED) is 0.416. The van der Waals surface area contributed by atoms with Gasteiger partial charge in [0.05, 0.1) is 24.7 Å². The highest BCUT2D eigenvalue weighted by atomic mass is 32.2. The molecule has 0 bridgehead atoms. The third kappa shape index (κ3) is 5.95. The average Bonchev–Trinajstić information content (AvgIpc) is 3.58. The van der Waals surface area contributed by atoms with Crippen LogP contribution in [0.25, 0.3) is 0 Å². The van der Waals surface area contributed by atoms with E-state index >= 15 is 0 Å². The number of thiazole rings is 1. The number of esters is 1. The largest absolute Gasteiger partial charge is 0.491 e. The van der Waals surface area contributed by atoms with Crippen molar-refractivity contribution >= 4 is 38.2 Å². The number of carbonyl (C=O) groups excluding carboxylic acids is 2. The Bertz CT molecular complexity index is 1350. The van der Waals surface area contributed by atoms with Gasteiger partial charge in [0.1, 0.15) is 17.2 Å². The summed E-state index contributed by atoms with van der Waals surface area (Å²) in [6, 6.07) is 7.60. The van der Waals surface area contributed by atoms with Crippen LogP contribution in [-0.2, 0) is 14.6 Å². The van der Waals surface area contributed by atoms with Crippen molar-refractivity contribution in [1.82, 2.24) is 9.97 Å². The maximum Gasteiger partial charge on any atom is 0.357 e. The van der Waals surface area contributed by atoms with Gasteiger partial charge in [0.25, 0.3) is 5.91 Å². The number of hydrogen-bond donors (Lipinski definition) is 1. The lowest BCUT2D eigenvalue weighted by Gasteiger charge is -2.14. The number of sulfone groups is 1. The predicted molar refractivity (Wildman–Crippen MR) is 128 cm³/mol. The summed E-state index contributed by atoms with van der Waals surface area (Å²) < 4.78 is 40.9. The van der Waals surface area contributed by atoms with Crippen LogP contribution in [0.5, 0.6) is 17.2 Å². The Morgan fingerprint density at radius 3 is 2.49 bits per heavy atom. The van der Waals surface area contributed by atoms with Crippen molar-refractivity contribution in [2.75, 3.05) is 12.4 Å². The molecule has 2 aromatic heterocycles. The molecule has 1 aliphatic carbocycles. The topological polar surface area (TPSA) is 134 Å². The molecule has 0 unspecified atom stereocenters. The molecule has 0 aliphatic heterocycles. The highest BCUT2D eigenvalue weighted by Crippen LogP contribution is 2.34. The number of ether oxygens (including phenoxy) is 3. The van der Waals surface area contributed by atoms with Crippen LogP contribution in [0.3, 0.4) is 0 Å². The fraction of sp³-hybridized carbons (Fsp3) is 0.304. The van der Waals surface area contributed by atoms with E-state index in [2.05, 4.69) is 20.0 Å².